The summed E-state index contributed by atoms with van der Waals surface area (Å²) in [7, 11) is 0. The van der Waals surface area contributed by atoms with Gasteiger partial charge in [-0.3, -0.25) is 0 Å². The van der Waals surface area contributed by atoms with E-state index in [1.54, 1.807) is 19.9 Å². The van der Waals surface area contributed by atoms with Crippen molar-refractivity contribution in [1.82, 2.24) is 15.1 Å². The summed E-state index contributed by atoms with van der Waals surface area (Å²) in [4.78, 5) is 20.6. The molecule has 148 valence electrons. The van der Waals surface area contributed by atoms with E-state index in [2.05, 4.69) is 20.4 Å². The molecule has 1 N–H and O–H groups in total. The molecule has 0 saturated carbocycles. The minimum absolute atomic E-state index is 0.119. The third kappa shape index (κ3) is 3.98. The van der Waals surface area contributed by atoms with Crippen LogP contribution < -0.4 is 14.8 Å². The fourth-order valence-corrected chi connectivity index (χ4v) is 2.64. The Kier molecular flexibility index (Phi) is 5.93. The number of esters is 1. The van der Waals surface area contributed by atoms with E-state index in [4.69, 9.17) is 18.7 Å². The van der Waals surface area contributed by atoms with Gasteiger partial charge in [-0.05, 0) is 39.8 Å². The van der Waals surface area contributed by atoms with E-state index < -0.39 is 5.97 Å². The smallest absolute Gasteiger partial charge is 0.376 e. The number of aromatic nitrogens is 3. The predicted molar refractivity (Wildman–Crippen MR) is 102 cm³/mol. The molecule has 0 radical (unpaired) electrons. The summed E-state index contributed by atoms with van der Waals surface area (Å²) in [5.41, 5.74) is 1.41. The Morgan fingerprint density at radius 3 is 2.61 bits per heavy atom. The van der Waals surface area contributed by atoms with E-state index >= 15 is 0 Å². The zero-order valence-electron chi connectivity index (χ0n) is 16.2. The number of nitrogens with one attached hydrogen (secondary N) is 1. The third-order valence-corrected chi connectivity index (χ3v) is 3.78. The van der Waals surface area contributed by atoms with Gasteiger partial charge in [-0.1, -0.05) is 5.16 Å². The van der Waals surface area contributed by atoms with Crippen molar-refractivity contribution in [2.75, 3.05) is 25.1 Å². The van der Waals surface area contributed by atoms with Crippen molar-refractivity contribution in [2.24, 2.45) is 0 Å². The van der Waals surface area contributed by atoms with Gasteiger partial charge in [0, 0.05) is 6.07 Å². The summed E-state index contributed by atoms with van der Waals surface area (Å²) in [5, 5.41) is 7.69. The maximum atomic E-state index is 12.1. The molecule has 0 aliphatic carbocycles. The van der Waals surface area contributed by atoms with Crippen LogP contribution in [0.2, 0.25) is 0 Å². The standard InChI is InChI=1S/C19H22N4O5/c1-5-25-12-8-9-14(26-6-2)13(10-12)20-16-15-11(4)23-28-18(15)22-17(21-16)19(24)27-7-3/h8-10H,5-7H2,1-4H3,(H,20,21,22). The molecule has 0 saturated heterocycles. The van der Waals surface area contributed by atoms with Crippen LogP contribution in [-0.2, 0) is 4.74 Å². The monoisotopic (exact) mass is 386 g/mol. The van der Waals surface area contributed by atoms with Crippen LogP contribution in [0.4, 0.5) is 11.5 Å². The minimum atomic E-state index is -0.644. The lowest BCUT2D eigenvalue weighted by Crippen LogP contribution is -2.11. The molecule has 3 aromatic rings. The van der Waals surface area contributed by atoms with Crippen LogP contribution in [0.15, 0.2) is 22.7 Å². The highest BCUT2D eigenvalue weighted by Gasteiger charge is 2.21. The van der Waals surface area contributed by atoms with Crippen molar-refractivity contribution in [1.29, 1.82) is 0 Å². The van der Waals surface area contributed by atoms with Gasteiger partial charge in [-0.25, -0.2) is 9.78 Å². The van der Waals surface area contributed by atoms with Gasteiger partial charge in [0.15, 0.2) is 0 Å². The summed E-state index contributed by atoms with van der Waals surface area (Å²) in [6.07, 6.45) is 0. The van der Waals surface area contributed by atoms with Crippen LogP contribution in [0.25, 0.3) is 11.1 Å². The van der Waals surface area contributed by atoms with E-state index in [1.165, 1.54) is 0 Å². The van der Waals surface area contributed by atoms with Gasteiger partial charge in [0.05, 0.1) is 31.2 Å². The fourth-order valence-electron chi connectivity index (χ4n) is 2.64. The van der Waals surface area contributed by atoms with Crippen LogP contribution in [0.3, 0.4) is 0 Å². The van der Waals surface area contributed by atoms with Crippen molar-refractivity contribution < 1.29 is 23.5 Å². The number of carbonyl (C=O) groups excluding carboxylic acids is 1. The van der Waals surface area contributed by atoms with Crippen molar-refractivity contribution in [3.8, 4) is 11.5 Å². The number of aryl methyl sites for hydroxylation is 1. The summed E-state index contributed by atoms with van der Waals surface area (Å²) < 4.78 is 21.5. The Bertz CT molecular complexity index is 986. The molecule has 3 rings (SSSR count). The number of hydrogen-bond acceptors (Lipinski definition) is 9. The lowest BCUT2D eigenvalue weighted by molar-refractivity contribution is 0.0512. The molecule has 0 aliphatic heterocycles. The van der Waals surface area contributed by atoms with Gasteiger partial charge in [-0.15, -0.1) is 0 Å². The van der Waals surface area contributed by atoms with Crippen LogP contribution in [-0.4, -0.2) is 40.9 Å². The van der Waals surface area contributed by atoms with E-state index in [-0.39, 0.29) is 18.1 Å². The highest BCUT2D eigenvalue weighted by atomic mass is 16.5. The maximum absolute atomic E-state index is 12.1. The maximum Gasteiger partial charge on any atom is 0.376 e. The second-order valence-corrected chi connectivity index (χ2v) is 5.71. The Balaban J connectivity index is 2.09. The zero-order chi connectivity index (χ0) is 20.1. The normalized spacial score (nSPS) is 10.7. The quantitative estimate of drug-likeness (QED) is 0.580. The van der Waals surface area contributed by atoms with Gasteiger partial charge in [-0.2, -0.15) is 4.98 Å². The van der Waals surface area contributed by atoms with Gasteiger partial charge < -0.3 is 24.1 Å². The second-order valence-electron chi connectivity index (χ2n) is 5.71. The molecule has 0 unspecified atom stereocenters. The number of nitrogens with zero attached hydrogens (tertiary/aromatic N) is 3. The number of fused-ring (bicyclic) bond motifs is 1. The third-order valence-electron chi connectivity index (χ3n) is 3.78. The summed E-state index contributed by atoms with van der Waals surface area (Å²) in [6, 6.07) is 5.43. The Morgan fingerprint density at radius 2 is 1.89 bits per heavy atom. The summed E-state index contributed by atoms with van der Waals surface area (Å²) >= 11 is 0. The van der Waals surface area contributed by atoms with Crippen LogP contribution in [0.5, 0.6) is 11.5 Å². The Labute approximate surface area is 162 Å². The summed E-state index contributed by atoms with van der Waals surface area (Å²) in [6.45, 7) is 8.51. The van der Waals surface area contributed by atoms with Crippen LogP contribution in [0.1, 0.15) is 37.1 Å². The fraction of sp³-hybridized carbons (Fsp3) is 0.368. The SMILES string of the molecule is CCOC(=O)c1nc(Nc2cc(OCC)ccc2OCC)c2c(C)noc2n1. The second kappa shape index (κ2) is 8.55. The first-order valence-electron chi connectivity index (χ1n) is 9.05. The van der Waals surface area contributed by atoms with E-state index in [0.717, 1.165) is 0 Å². The van der Waals surface area contributed by atoms with Crippen molar-refractivity contribution >= 4 is 28.6 Å². The van der Waals surface area contributed by atoms with E-state index in [1.807, 2.05) is 26.0 Å². The molecule has 0 amide bonds. The lowest BCUT2D eigenvalue weighted by atomic mass is 10.2. The molecule has 0 atom stereocenters. The van der Waals surface area contributed by atoms with Gasteiger partial charge >= 0.3 is 5.97 Å². The number of anilines is 2. The summed E-state index contributed by atoms with van der Waals surface area (Å²) in [5.74, 6) is 0.888. The van der Waals surface area contributed by atoms with Gasteiger partial charge in [0.1, 0.15) is 22.7 Å². The average molecular weight is 386 g/mol. The largest absolute Gasteiger partial charge is 0.494 e. The van der Waals surface area contributed by atoms with E-state index in [9.17, 15) is 4.79 Å². The molecule has 1 aromatic carbocycles. The molecular weight excluding hydrogens is 364 g/mol. The van der Waals surface area contributed by atoms with Crippen molar-refractivity contribution in [2.45, 2.75) is 27.7 Å². The van der Waals surface area contributed by atoms with E-state index in [0.29, 0.717) is 47.3 Å². The number of carbonyl (C=O) groups is 1. The molecule has 9 nitrogen and oxygen atoms in total. The number of rotatable bonds is 8. The van der Waals surface area contributed by atoms with Crippen molar-refractivity contribution in [3.05, 3.63) is 29.7 Å². The average Bonchev–Trinajstić information content (AvgIpc) is 3.05. The zero-order valence-corrected chi connectivity index (χ0v) is 16.2. The number of hydrogen-bond donors (Lipinski definition) is 1. The van der Waals surface area contributed by atoms with Crippen molar-refractivity contribution in [3.63, 3.8) is 0 Å². The first-order chi connectivity index (χ1) is 13.6. The van der Waals surface area contributed by atoms with Crippen LogP contribution in [0, 0.1) is 6.92 Å². The van der Waals surface area contributed by atoms with Gasteiger partial charge in [0.25, 0.3) is 5.71 Å². The lowest BCUT2D eigenvalue weighted by Gasteiger charge is -2.14. The highest BCUT2D eigenvalue weighted by molar-refractivity contribution is 5.94. The molecule has 28 heavy (non-hydrogen) atoms. The first-order valence-corrected chi connectivity index (χ1v) is 9.05. The number of ether oxygens (including phenoxy) is 3. The Hall–Kier alpha value is -3.36. The molecule has 0 bridgehead atoms. The number of benzene rings is 1. The van der Waals surface area contributed by atoms with Crippen LogP contribution >= 0.6 is 0 Å². The molecule has 2 aromatic heterocycles. The molecule has 9 heteroatoms. The highest BCUT2D eigenvalue weighted by Crippen LogP contribution is 2.34. The minimum Gasteiger partial charge on any atom is -0.494 e. The van der Waals surface area contributed by atoms with Gasteiger partial charge in [0.2, 0.25) is 5.82 Å². The predicted octanol–water partition coefficient (Wildman–Crippen LogP) is 3.64. The molecule has 0 fully saturated rings. The molecule has 0 spiro atoms. The molecule has 0 aliphatic rings. The molecular formula is C19H22N4O5. The first kappa shape index (κ1) is 19.4. The molecule has 2 heterocycles. The Morgan fingerprint density at radius 1 is 1.11 bits per heavy atom. The topological polar surface area (TPSA) is 109 Å².